The van der Waals surface area contributed by atoms with E-state index in [9.17, 15) is 14.7 Å². The highest BCUT2D eigenvalue weighted by Gasteiger charge is 2.45. The third kappa shape index (κ3) is 5.59. The summed E-state index contributed by atoms with van der Waals surface area (Å²) in [4.78, 5) is 31.1. The molecule has 0 atom stereocenters. The van der Waals surface area contributed by atoms with E-state index < -0.39 is 11.5 Å². The van der Waals surface area contributed by atoms with Gasteiger partial charge in [-0.1, -0.05) is 25.3 Å². The molecular formula is C40H43N3O7. The molecule has 4 aliphatic rings. The van der Waals surface area contributed by atoms with Crippen LogP contribution in [0.25, 0.3) is 22.2 Å². The van der Waals surface area contributed by atoms with Crippen LogP contribution >= 0.6 is 0 Å². The molecule has 8 rings (SSSR count). The number of carboxylic acid groups (broad SMARTS) is 1. The fraction of sp³-hybridized carbons (Fsp3) is 0.425. The lowest BCUT2D eigenvalue weighted by Crippen LogP contribution is -2.59. The summed E-state index contributed by atoms with van der Waals surface area (Å²) >= 11 is 0. The molecule has 3 heterocycles. The Morgan fingerprint density at radius 1 is 1.02 bits per heavy atom. The number of nitrogens with zero attached hydrogens (tertiary/aromatic N) is 2. The summed E-state index contributed by atoms with van der Waals surface area (Å²) in [5.41, 5.74) is 7.14. The number of ether oxygens (including phenoxy) is 4. The number of hydrogen-bond acceptors (Lipinski definition) is 7. The molecule has 0 radical (unpaired) electrons. The molecule has 0 spiro atoms. The van der Waals surface area contributed by atoms with E-state index in [4.69, 9.17) is 23.9 Å². The molecule has 0 bridgehead atoms. The largest absolute Gasteiger partial charge is 0.497 e. The molecule has 10 heteroatoms. The van der Waals surface area contributed by atoms with Crippen molar-refractivity contribution in [1.29, 1.82) is 0 Å². The predicted molar refractivity (Wildman–Crippen MR) is 191 cm³/mol. The van der Waals surface area contributed by atoms with Gasteiger partial charge < -0.3 is 33.9 Å². The first kappa shape index (κ1) is 32.4. The van der Waals surface area contributed by atoms with Crippen molar-refractivity contribution in [3.63, 3.8) is 0 Å². The Kier molecular flexibility index (Phi) is 8.50. The van der Waals surface area contributed by atoms with Crippen LogP contribution < -0.4 is 19.5 Å². The Bertz CT molecular complexity index is 2020. The minimum absolute atomic E-state index is 0.0657. The first-order chi connectivity index (χ1) is 24.4. The molecule has 50 heavy (non-hydrogen) atoms. The van der Waals surface area contributed by atoms with Crippen LogP contribution in [0, 0.1) is 0 Å². The summed E-state index contributed by atoms with van der Waals surface area (Å²) in [6, 6.07) is 15.6. The molecule has 2 aliphatic carbocycles. The van der Waals surface area contributed by atoms with E-state index >= 15 is 0 Å². The smallest absolute Gasteiger partial charge is 0.339 e. The van der Waals surface area contributed by atoms with E-state index in [0.717, 1.165) is 66.0 Å². The van der Waals surface area contributed by atoms with Gasteiger partial charge in [-0.25, -0.2) is 4.79 Å². The number of nitrogens with one attached hydrogen (secondary N) is 1. The average molecular weight is 678 g/mol. The maximum absolute atomic E-state index is 14.2. The molecule has 260 valence electrons. The lowest BCUT2D eigenvalue weighted by molar-refractivity contribution is 0.0689. The first-order valence-corrected chi connectivity index (χ1v) is 17.8. The minimum atomic E-state index is -1.07. The van der Waals surface area contributed by atoms with E-state index in [0.29, 0.717) is 49.1 Å². The fourth-order valence-electron chi connectivity index (χ4n) is 8.36. The van der Waals surface area contributed by atoms with E-state index in [1.165, 1.54) is 35.9 Å². The van der Waals surface area contributed by atoms with Crippen LogP contribution in [0.4, 0.5) is 5.69 Å². The van der Waals surface area contributed by atoms with E-state index in [-0.39, 0.29) is 18.1 Å². The number of rotatable bonds is 10. The van der Waals surface area contributed by atoms with Crippen LogP contribution in [0.1, 0.15) is 89.1 Å². The molecule has 2 fully saturated rings. The Morgan fingerprint density at radius 2 is 1.86 bits per heavy atom. The number of amides is 1. The average Bonchev–Trinajstić information content (AvgIpc) is 3.62. The molecule has 1 amide bonds. The van der Waals surface area contributed by atoms with Crippen LogP contribution in [0.5, 0.6) is 17.2 Å². The molecule has 2 aliphatic heterocycles. The van der Waals surface area contributed by atoms with Crippen LogP contribution in [0.3, 0.4) is 0 Å². The van der Waals surface area contributed by atoms with Crippen LogP contribution in [0.2, 0.25) is 0 Å². The Balaban J connectivity index is 1.12. The third-order valence-corrected chi connectivity index (χ3v) is 11.1. The molecule has 3 aromatic carbocycles. The van der Waals surface area contributed by atoms with Gasteiger partial charge in [0.2, 0.25) is 0 Å². The van der Waals surface area contributed by atoms with Gasteiger partial charge in [0.15, 0.2) is 0 Å². The highest BCUT2D eigenvalue weighted by Crippen LogP contribution is 2.48. The van der Waals surface area contributed by atoms with E-state index in [1.807, 2.05) is 18.2 Å². The Morgan fingerprint density at radius 3 is 2.60 bits per heavy atom. The predicted octanol–water partition coefficient (Wildman–Crippen LogP) is 7.46. The minimum Gasteiger partial charge on any atom is -0.497 e. The number of carbonyl (C=O) groups is 2. The normalized spacial score (nSPS) is 17.8. The molecule has 2 N–H and O–H groups in total. The zero-order valence-corrected chi connectivity index (χ0v) is 28.7. The van der Waals surface area contributed by atoms with Crippen molar-refractivity contribution in [3.05, 3.63) is 70.8 Å². The van der Waals surface area contributed by atoms with Crippen LogP contribution in [0.15, 0.2) is 53.5 Å². The van der Waals surface area contributed by atoms with Crippen molar-refractivity contribution in [1.82, 2.24) is 9.88 Å². The van der Waals surface area contributed by atoms with Gasteiger partial charge in [0.25, 0.3) is 5.91 Å². The molecule has 4 aromatic rings. The zero-order chi connectivity index (χ0) is 34.4. The van der Waals surface area contributed by atoms with Crippen LogP contribution in [-0.2, 0) is 17.7 Å². The number of fused-ring (bicyclic) bond motifs is 6. The summed E-state index contributed by atoms with van der Waals surface area (Å²) in [5.74, 6) is 1.14. The van der Waals surface area contributed by atoms with Gasteiger partial charge in [-0.3, -0.25) is 9.79 Å². The van der Waals surface area contributed by atoms with Gasteiger partial charge in [-0.2, -0.15) is 0 Å². The number of aromatic carboxylic acids is 1. The van der Waals surface area contributed by atoms with Crippen molar-refractivity contribution in [2.75, 3.05) is 34.0 Å². The standard InChI is InChI=1S/C40H43N3O7/c1-47-17-18-50-33-20-26-21-35(41-31(26)23-30(33)39(45)46)40(13-6-14-40)42-38(44)25-9-11-28-32(19-25)43-15-16-49-34-22-27(48-2)10-12-29(34)37(43)36(28)24-7-4-3-5-8-24/h9-12,19-20,22-24H,3-8,13-18,21H2,1-2H3,(H,42,44)(H,45,46). The fourth-order valence-corrected chi connectivity index (χ4v) is 8.36. The number of hydrogen-bond donors (Lipinski definition) is 2. The third-order valence-electron chi connectivity index (χ3n) is 11.1. The van der Waals surface area contributed by atoms with Crippen LogP contribution in [-0.4, -0.2) is 66.8 Å². The van der Waals surface area contributed by atoms with E-state index in [2.05, 4.69) is 28.1 Å². The Labute approximate surface area is 291 Å². The van der Waals surface area contributed by atoms with Crippen molar-refractivity contribution < 1.29 is 33.6 Å². The van der Waals surface area contributed by atoms with Crippen molar-refractivity contribution in [2.45, 2.75) is 75.8 Å². The summed E-state index contributed by atoms with van der Waals surface area (Å²) in [7, 11) is 3.25. The van der Waals surface area contributed by atoms with Gasteiger partial charge in [0.05, 0.1) is 37.2 Å². The monoisotopic (exact) mass is 677 g/mol. The van der Waals surface area contributed by atoms with Gasteiger partial charge in [0, 0.05) is 47.3 Å². The molecule has 0 unspecified atom stereocenters. The molecule has 10 nitrogen and oxygen atoms in total. The highest BCUT2D eigenvalue weighted by molar-refractivity contribution is 6.08. The number of benzene rings is 3. The van der Waals surface area contributed by atoms with Gasteiger partial charge >= 0.3 is 5.97 Å². The summed E-state index contributed by atoms with van der Waals surface area (Å²) in [6.45, 7) is 1.79. The summed E-state index contributed by atoms with van der Waals surface area (Å²) < 4.78 is 25.0. The first-order valence-electron chi connectivity index (χ1n) is 17.8. The van der Waals surface area contributed by atoms with Gasteiger partial charge in [0.1, 0.15) is 36.0 Å². The number of aliphatic imine (C=N–C) groups is 1. The lowest BCUT2D eigenvalue weighted by atomic mass is 9.72. The molecule has 0 saturated heterocycles. The maximum atomic E-state index is 14.2. The number of carboxylic acids is 1. The van der Waals surface area contributed by atoms with Gasteiger partial charge in [-0.15, -0.1) is 0 Å². The lowest BCUT2D eigenvalue weighted by Gasteiger charge is -2.42. The molecule has 1 aromatic heterocycles. The van der Waals surface area contributed by atoms with Crippen molar-refractivity contribution in [3.8, 4) is 28.5 Å². The Hall–Kier alpha value is -4.83. The summed E-state index contributed by atoms with van der Waals surface area (Å²) in [5, 5.41) is 14.5. The zero-order valence-electron chi connectivity index (χ0n) is 28.7. The second-order valence-electron chi connectivity index (χ2n) is 13.9. The van der Waals surface area contributed by atoms with E-state index in [1.54, 1.807) is 26.4 Å². The summed E-state index contributed by atoms with van der Waals surface area (Å²) in [6.07, 6.45) is 9.08. The number of methoxy groups -OCH3 is 2. The topological polar surface area (TPSA) is 121 Å². The quantitative estimate of drug-likeness (QED) is 0.167. The molecule has 2 saturated carbocycles. The number of carbonyl (C=O) groups excluding carboxylic acids is 1. The maximum Gasteiger partial charge on any atom is 0.339 e. The SMILES string of the molecule is COCCOc1cc2c(cc1C(=O)O)N=C(C1(NC(=O)c3ccc4c(C5CCCCC5)c5n(c4c3)CCOc3cc(OC)ccc3-5)CCC1)C2. The highest BCUT2D eigenvalue weighted by atomic mass is 16.5. The second kappa shape index (κ2) is 13.1. The molecular weight excluding hydrogens is 634 g/mol. The number of aromatic nitrogens is 1. The van der Waals surface area contributed by atoms with Gasteiger partial charge in [-0.05, 0) is 85.5 Å². The van der Waals surface area contributed by atoms with Crippen molar-refractivity contribution in [2.24, 2.45) is 4.99 Å². The second-order valence-corrected chi connectivity index (χ2v) is 13.9. The van der Waals surface area contributed by atoms with Crippen molar-refractivity contribution >= 4 is 34.2 Å².